The second-order valence-corrected chi connectivity index (χ2v) is 11.4. The molecule has 6 heteroatoms. The monoisotopic (exact) mass is 514 g/mol. The van der Waals surface area contributed by atoms with Crippen molar-refractivity contribution in [3.05, 3.63) is 69.5 Å². The van der Waals surface area contributed by atoms with Gasteiger partial charge in [0.1, 0.15) is 23.8 Å². The Hall–Kier alpha value is -2.99. The number of carbonyl (C=O) groups excluding carboxylic acids is 1. The van der Waals surface area contributed by atoms with E-state index in [1.165, 1.54) is 38.5 Å². The maximum absolute atomic E-state index is 13.9. The zero-order chi connectivity index (χ0) is 25.0. The van der Waals surface area contributed by atoms with E-state index in [2.05, 4.69) is 17.3 Å². The molecule has 0 amide bonds. The first-order valence-electron chi connectivity index (χ1n) is 13.8. The standard InChI is InChI=1S/C31H34N2O3S/c34-29-25(21-10-4-1-5-11-21)18-23(19-26(29)22-12-6-2-7-13-22)28(33-32-24-14-8-3-9-15-24)31-30-27(20-37-31)35-16-17-36-30/h3,8-9,14-15,18-22H,1-2,4-7,10-13,16-17H2. The van der Waals surface area contributed by atoms with E-state index in [9.17, 15) is 4.79 Å². The predicted molar refractivity (Wildman–Crippen MR) is 148 cm³/mol. The van der Waals surface area contributed by atoms with Crippen molar-refractivity contribution in [1.29, 1.82) is 0 Å². The van der Waals surface area contributed by atoms with Gasteiger partial charge in [0.05, 0.1) is 5.69 Å². The molecule has 0 unspecified atom stereocenters. The van der Waals surface area contributed by atoms with Crippen LogP contribution in [0, 0.1) is 11.8 Å². The minimum absolute atomic E-state index is 0.273. The van der Waals surface area contributed by atoms with Crippen molar-refractivity contribution in [1.82, 2.24) is 0 Å². The third-order valence-corrected chi connectivity index (χ3v) is 8.99. The van der Waals surface area contributed by atoms with Crippen LogP contribution in [0.25, 0.3) is 5.70 Å². The molecule has 0 radical (unpaired) electrons. The highest BCUT2D eigenvalue weighted by Gasteiger charge is 2.33. The van der Waals surface area contributed by atoms with E-state index < -0.39 is 0 Å². The van der Waals surface area contributed by atoms with Crippen molar-refractivity contribution in [3.8, 4) is 11.5 Å². The van der Waals surface area contributed by atoms with Crippen LogP contribution in [0.3, 0.4) is 0 Å². The summed E-state index contributed by atoms with van der Waals surface area (Å²) in [4.78, 5) is 14.8. The Kier molecular flexibility index (Phi) is 7.36. The molecule has 2 fully saturated rings. The lowest BCUT2D eigenvalue weighted by Gasteiger charge is -2.31. The van der Waals surface area contributed by atoms with Crippen LogP contribution in [0.4, 0.5) is 5.69 Å². The van der Waals surface area contributed by atoms with Crippen molar-refractivity contribution >= 4 is 28.5 Å². The van der Waals surface area contributed by atoms with Gasteiger partial charge in [-0.2, -0.15) is 5.11 Å². The maximum Gasteiger partial charge on any atom is 0.185 e. The van der Waals surface area contributed by atoms with E-state index >= 15 is 0 Å². The summed E-state index contributed by atoms with van der Waals surface area (Å²) in [6.45, 7) is 1.06. The molecular weight excluding hydrogens is 480 g/mol. The summed E-state index contributed by atoms with van der Waals surface area (Å²) < 4.78 is 11.9. The molecular formula is C31H34N2O3S. The fourth-order valence-electron chi connectivity index (χ4n) is 6.11. The molecule has 0 N–H and O–H groups in total. The molecule has 1 aromatic heterocycles. The average molecular weight is 515 g/mol. The summed E-state index contributed by atoms with van der Waals surface area (Å²) in [6.07, 6.45) is 15.9. The van der Waals surface area contributed by atoms with Gasteiger partial charge in [-0.15, -0.1) is 16.5 Å². The van der Waals surface area contributed by atoms with Crippen LogP contribution in [0.15, 0.2) is 74.8 Å². The SMILES string of the molecule is O=C1C(C2CCCCC2)=CC(=C(N=Nc2ccccc2)c2scc3c2OCCO3)C=C1C1CCCCC1. The van der Waals surface area contributed by atoms with Crippen LogP contribution in [0.1, 0.15) is 69.1 Å². The smallest absolute Gasteiger partial charge is 0.185 e. The first-order chi connectivity index (χ1) is 18.3. The summed E-state index contributed by atoms with van der Waals surface area (Å²) >= 11 is 1.57. The van der Waals surface area contributed by atoms with Crippen LogP contribution < -0.4 is 9.47 Å². The number of ketones is 1. The lowest BCUT2D eigenvalue weighted by atomic mass is 9.73. The summed E-state index contributed by atoms with van der Waals surface area (Å²) in [5.41, 5.74) is 4.48. The highest BCUT2D eigenvalue weighted by molar-refractivity contribution is 7.11. The van der Waals surface area contributed by atoms with Gasteiger partial charge < -0.3 is 9.47 Å². The molecule has 1 aliphatic heterocycles. The van der Waals surface area contributed by atoms with E-state index in [-0.39, 0.29) is 5.78 Å². The number of hydrogen-bond acceptors (Lipinski definition) is 6. The van der Waals surface area contributed by atoms with E-state index in [1.807, 2.05) is 35.7 Å². The molecule has 3 aliphatic carbocycles. The Bertz CT molecular complexity index is 1220. The van der Waals surface area contributed by atoms with Crippen LogP contribution in [0.2, 0.25) is 0 Å². The maximum atomic E-state index is 13.9. The molecule has 0 saturated heterocycles. The predicted octanol–water partition coefficient (Wildman–Crippen LogP) is 8.61. The molecule has 192 valence electrons. The number of rotatable bonds is 5. The van der Waals surface area contributed by atoms with Crippen LogP contribution in [-0.2, 0) is 4.79 Å². The lowest BCUT2D eigenvalue weighted by Crippen LogP contribution is -2.25. The molecule has 2 aromatic rings. The molecule has 0 bridgehead atoms. The normalized spacial score (nSPS) is 21.2. The molecule has 0 spiro atoms. The molecule has 1 aromatic carbocycles. The van der Waals surface area contributed by atoms with Gasteiger partial charge in [0.25, 0.3) is 0 Å². The minimum atomic E-state index is 0.273. The van der Waals surface area contributed by atoms with Gasteiger partial charge in [0.15, 0.2) is 17.3 Å². The largest absolute Gasteiger partial charge is 0.485 e. The molecule has 4 aliphatic rings. The van der Waals surface area contributed by atoms with Crippen molar-refractivity contribution in [2.75, 3.05) is 13.2 Å². The lowest BCUT2D eigenvalue weighted by molar-refractivity contribution is -0.113. The van der Waals surface area contributed by atoms with Crippen molar-refractivity contribution in [2.45, 2.75) is 64.2 Å². The third kappa shape index (κ3) is 5.22. The van der Waals surface area contributed by atoms with E-state index in [4.69, 9.17) is 14.6 Å². The van der Waals surface area contributed by atoms with Crippen molar-refractivity contribution in [2.24, 2.45) is 22.1 Å². The van der Waals surface area contributed by atoms with Crippen molar-refractivity contribution < 1.29 is 14.3 Å². The molecule has 37 heavy (non-hydrogen) atoms. The Morgan fingerprint density at radius 1 is 0.811 bits per heavy atom. The number of hydrogen-bond donors (Lipinski definition) is 0. The second-order valence-electron chi connectivity index (χ2n) is 10.5. The number of carbonyl (C=O) groups is 1. The van der Waals surface area contributed by atoms with E-state index in [0.29, 0.717) is 25.0 Å². The highest BCUT2D eigenvalue weighted by Crippen LogP contribution is 2.47. The molecule has 6 rings (SSSR count). The Morgan fingerprint density at radius 3 is 2.08 bits per heavy atom. The fraction of sp³-hybridized carbons (Fsp3) is 0.452. The third-order valence-electron chi connectivity index (χ3n) is 8.05. The fourth-order valence-corrected chi connectivity index (χ4v) is 7.04. The number of ether oxygens (including phenoxy) is 2. The first-order valence-corrected chi connectivity index (χ1v) is 14.7. The van der Waals surface area contributed by atoms with Crippen LogP contribution >= 0.6 is 11.3 Å². The minimum Gasteiger partial charge on any atom is -0.485 e. The van der Waals surface area contributed by atoms with Gasteiger partial charge in [0.2, 0.25) is 0 Å². The number of Topliss-reactive ketones (excluding diaryl/α,β-unsaturated/α-hetero) is 1. The van der Waals surface area contributed by atoms with Gasteiger partial charge >= 0.3 is 0 Å². The summed E-state index contributed by atoms with van der Waals surface area (Å²) in [5.74, 6) is 2.43. The number of allylic oxidation sites excluding steroid dienone is 5. The first kappa shape index (κ1) is 24.4. The Labute approximate surface area is 223 Å². The Morgan fingerprint density at radius 2 is 1.43 bits per heavy atom. The summed E-state index contributed by atoms with van der Waals surface area (Å²) in [7, 11) is 0. The van der Waals surface area contributed by atoms with Gasteiger partial charge in [-0.1, -0.05) is 56.7 Å². The zero-order valence-electron chi connectivity index (χ0n) is 21.3. The molecule has 5 nitrogen and oxygen atoms in total. The number of fused-ring (bicyclic) bond motifs is 1. The van der Waals surface area contributed by atoms with Gasteiger partial charge in [-0.25, -0.2) is 0 Å². The van der Waals surface area contributed by atoms with E-state index in [0.717, 1.165) is 70.2 Å². The molecule has 0 atom stereocenters. The number of benzene rings is 1. The zero-order valence-corrected chi connectivity index (χ0v) is 22.1. The van der Waals surface area contributed by atoms with Crippen LogP contribution in [-0.4, -0.2) is 19.0 Å². The summed E-state index contributed by atoms with van der Waals surface area (Å²) in [5, 5.41) is 11.4. The molecule has 2 heterocycles. The number of thiophene rings is 1. The van der Waals surface area contributed by atoms with E-state index in [1.54, 1.807) is 11.3 Å². The number of azo groups is 1. The van der Waals surface area contributed by atoms with Crippen molar-refractivity contribution in [3.63, 3.8) is 0 Å². The molecule has 2 saturated carbocycles. The van der Waals surface area contributed by atoms with Gasteiger partial charge in [0, 0.05) is 22.1 Å². The average Bonchev–Trinajstić information content (AvgIpc) is 3.39. The van der Waals surface area contributed by atoms with Crippen LogP contribution in [0.5, 0.6) is 11.5 Å². The van der Waals surface area contributed by atoms with Gasteiger partial charge in [-0.3, -0.25) is 4.79 Å². The second kappa shape index (κ2) is 11.2. The quantitative estimate of drug-likeness (QED) is 0.375. The number of nitrogens with zero attached hydrogens (tertiary/aromatic N) is 2. The topological polar surface area (TPSA) is 60.2 Å². The highest BCUT2D eigenvalue weighted by atomic mass is 32.1. The summed E-state index contributed by atoms with van der Waals surface area (Å²) in [6, 6.07) is 9.81. The van der Waals surface area contributed by atoms with Gasteiger partial charge in [-0.05, 0) is 61.8 Å². The Balaban J connectivity index is 1.51.